The van der Waals surface area contributed by atoms with E-state index in [1.54, 1.807) is 19.6 Å². The van der Waals surface area contributed by atoms with E-state index in [0.717, 1.165) is 23.6 Å². The summed E-state index contributed by atoms with van der Waals surface area (Å²) in [7, 11) is 1.61. The molecule has 1 aromatic carbocycles. The Bertz CT molecular complexity index is 609. The first-order valence-corrected chi connectivity index (χ1v) is 6.75. The highest BCUT2D eigenvalue weighted by molar-refractivity contribution is 5.43. The molecule has 0 fully saturated rings. The van der Waals surface area contributed by atoms with Gasteiger partial charge in [0.15, 0.2) is 0 Å². The molecule has 0 spiro atoms. The summed E-state index contributed by atoms with van der Waals surface area (Å²) in [6.07, 6.45) is 3.38. The largest absolute Gasteiger partial charge is 0.497 e. The number of methoxy groups -OCH3 is 1. The minimum atomic E-state index is -0.556. The van der Waals surface area contributed by atoms with Gasteiger partial charge in [-0.2, -0.15) is 0 Å². The fourth-order valence-corrected chi connectivity index (χ4v) is 2.60. The van der Waals surface area contributed by atoms with Crippen LogP contribution in [0.4, 0.5) is 0 Å². The van der Waals surface area contributed by atoms with Crippen LogP contribution < -0.4 is 9.47 Å². The van der Waals surface area contributed by atoms with E-state index < -0.39 is 6.10 Å². The van der Waals surface area contributed by atoms with Crippen LogP contribution in [0.25, 0.3) is 0 Å². The van der Waals surface area contributed by atoms with Crippen molar-refractivity contribution in [1.29, 1.82) is 0 Å². The molecule has 5 nitrogen and oxygen atoms in total. The van der Waals surface area contributed by atoms with Gasteiger partial charge in [-0.25, -0.2) is 4.98 Å². The summed E-state index contributed by atoms with van der Waals surface area (Å²) in [4.78, 5) is 4.16. The summed E-state index contributed by atoms with van der Waals surface area (Å²) >= 11 is 0. The van der Waals surface area contributed by atoms with E-state index in [1.165, 1.54) is 0 Å². The first-order valence-electron chi connectivity index (χ1n) is 6.75. The molecule has 0 radical (unpaired) electrons. The molecule has 0 amide bonds. The maximum atomic E-state index is 10.3. The zero-order valence-electron chi connectivity index (χ0n) is 11.6. The van der Waals surface area contributed by atoms with Gasteiger partial charge >= 0.3 is 0 Å². The van der Waals surface area contributed by atoms with Crippen LogP contribution in [0.1, 0.15) is 36.8 Å². The van der Waals surface area contributed by atoms with Crippen LogP contribution in [0, 0.1) is 0 Å². The van der Waals surface area contributed by atoms with E-state index in [1.807, 2.05) is 22.8 Å². The number of rotatable bonds is 3. The number of nitrogens with zero attached hydrogens (tertiary/aromatic N) is 2. The highest BCUT2D eigenvalue weighted by atomic mass is 16.5. The number of hydrogen-bond acceptors (Lipinski definition) is 4. The highest BCUT2D eigenvalue weighted by Crippen LogP contribution is 2.42. The van der Waals surface area contributed by atoms with E-state index in [9.17, 15) is 5.11 Å². The maximum Gasteiger partial charge on any atom is 0.143 e. The van der Waals surface area contributed by atoms with E-state index in [4.69, 9.17) is 9.47 Å². The zero-order chi connectivity index (χ0) is 14.1. The van der Waals surface area contributed by atoms with Crippen LogP contribution >= 0.6 is 0 Å². The lowest BCUT2D eigenvalue weighted by Crippen LogP contribution is -2.21. The lowest BCUT2D eigenvalue weighted by molar-refractivity contribution is 0.0616. The van der Waals surface area contributed by atoms with Crippen LogP contribution in [-0.4, -0.2) is 21.8 Å². The molecule has 0 aliphatic carbocycles. The molecule has 20 heavy (non-hydrogen) atoms. The van der Waals surface area contributed by atoms with Gasteiger partial charge in [0, 0.05) is 18.5 Å². The fraction of sp³-hybridized carbons (Fsp3) is 0.400. The van der Waals surface area contributed by atoms with Crippen LogP contribution in [0.15, 0.2) is 30.7 Å². The number of aliphatic hydroxyl groups is 1. The number of ether oxygens (including phenoxy) is 2. The summed E-state index contributed by atoms with van der Waals surface area (Å²) in [6, 6.07) is 5.51. The van der Waals surface area contributed by atoms with Crippen LogP contribution in [0.5, 0.6) is 11.5 Å². The van der Waals surface area contributed by atoms with E-state index in [-0.39, 0.29) is 6.10 Å². The third-order valence-electron chi connectivity index (χ3n) is 3.70. The maximum absolute atomic E-state index is 10.3. The molecule has 0 saturated carbocycles. The topological polar surface area (TPSA) is 56.5 Å². The van der Waals surface area contributed by atoms with Crippen molar-refractivity contribution in [3.8, 4) is 11.5 Å². The molecular weight excluding hydrogens is 256 g/mol. The second-order valence-corrected chi connectivity index (χ2v) is 4.87. The van der Waals surface area contributed by atoms with Crippen LogP contribution in [0.2, 0.25) is 0 Å². The monoisotopic (exact) mass is 274 g/mol. The van der Waals surface area contributed by atoms with Crippen molar-refractivity contribution in [2.75, 3.05) is 7.11 Å². The Morgan fingerprint density at radius 3 is 3.10 bits per heavy atom. The predicted octanol–water partition coefficient (Wildman–Crippen LogP) is 2.47. The molecule has 1 aliphatic rings. The number of aromatic nitrogens is 2. The van der Waals surface area contributed by atoms with Gasteiger partial charge in [0.05, 0.1) is 31.4 Å². The molecule has 1 aromatic heterocycles. The Morgan fingerprint density at radius 2 is 2.35 bits per heavy atom. The van der Waals surface area contributed by atoms with Gasteiger partial charge in [-0.1, -0.05) is 0 Å². The SMILES string of the molecule is CCn1cncc1C1C[C@H](O)c2cc(OC)ccc2O1. The van der Waals surface area contributed by atoms with Gasteiger partial charge in [0.25, 0.3) is 0 Å². The molecule has 2 atom stereocenters. The molecule has 1 aliphatic heterocycles. The third kappa shape index (κ3) is 2.14. The minimum absolute atomic E-state index is 0.173. The molecular formula is C15H18N2O3. The van der Waals surface area contributed by atoms with E-state index in [0.29, 0.717) is 12.2 Å². The van der Waals surface area contributed by atoms with Crippen molar-refractivity contribution in [1.82, 2.24) is 9.55 Å². The van der Waals surface area contributed by atoms with E-state index >= 15 is 0 Å². The summed E-state index contributed by atoms with van der Waals surface area (Å²) < 4.78 is 13.2. The van der Waals surface area contributed by atoms with Crippen molar-refractivity contribution < 1.29 is 14.6 Å². The first kappa shape index (κ1) is 13.0. The van der Waals surface area contributed by atoms with Crippen molar-refractivity contribution in [3.63, 3.8) is 0 Å². The molecule has 2 heterocycles. The van der Waals surface area contributed by atoms with Gasteiger partial charge in [0.2, 0.25) is 0 Å². The number of fused-ring (bicyclic) bond motifs is 1. The summed E-state index contributed by atoms with van der Waals surface area (Å²) in [5.74, 6) is 1.43. The van der Waals surface area contributed by atoms with Gasteiger partial charge in [-0.05, 0) is 25.1 Å². The normalized spacial score (nSPS) is 21.1. The van der Waals surface area contributed by atoms with E-state index in [2.05, 4.69) is 11.9 Å². The Balaban J connectivity index is 1.93. The lowest BCUT2D eigenvalue weighted by Gasteiger charge is -2.30. The van der Waals surface area contributed by atoms with Crippen LogP contribution in [-0.2, 0) is 6.54 Å². The number of benzene rings is 1. The van der Waals surface area contributed by atoms with Gasteiger partial charge in [-0.15, -0.1) is 0 Å². The highest BCUT2D eigenvalue weighted by Gasteiger charge is 2.30. The Labute approximate surface area is 117 Å². The Kier molecular flexibility index (Phi) is 3.36. The standard InChI is InChI=1S/C15H18N2O3/c1-3-17-9-16-8-12(17)15-7-13(18)11-6-10(19-2)4-5-14(11)20-15/h4-6,8-9,13,15,18H,3,7H2,1-2H3/t13-,15?/m0/s1. The minimum Gasteiger partial charge on any atom is -0.497 e. The molecule has 2 aromatic rings. The Hall–Kier alpha value is -2.01. The van der Waals surface area contributed by atoms with Gasteiger partial charge < -0.3 is 19.1 Å². The molecule has 106 valence electrons. The molecule has 1 unspecified atom stereocenters. The molecule has 1 N–H and O–H groups in total. The summed E-state index contributed by atoms with van der Waals surface area (Å²) in [5.41, 5.74) is 1.77. The van der Waals surface area contributed by atoms with Gasteiger partial charge in [0.1, 0.15) is 17.6 Å². The van der Waals surface area contributed by atoms with Crippen LogP contribution in [0.3, 0.4) is 0 Å². The number of aryl methyl sites for hydroxylation is 1. The number of aliphatic hydroxyl groups excluding tert-OH is 1. The average molecular weight is 274 g/mol. The molecule has 0 saturated heterocycles. The quantitative estimate of drug-likeness (QED) is 0.934. The van der Waals surface area contributed by atoms with Crippen molar-refractivity contribution in [3.05, 3.63) is 42.0 Å². The molecule has 5 heteroatoms. The predicted molar refractivity (Wildman–Crippen MR) is 73.8 cm³/mol. The second-order valence-electron chi connectivity index (χ2n) is 4.87. The van der Waals surface area contributed by atoms with Crippen molar-refractivity contribution in [2.24, 2.45) is 0 Å². The van der Waals surface area contributed by atoms with Gasteiger partial charge in [-0.3, -0.25) is 0 Å². The number of imidazole rings is 1. The number of hydrogen-bond donors (Lipinski definition) is 1. The smallest absolute Gasteiger partial charge is 0.143 e. The zero-order valence-corrected chi connectivity index (χ0v) is 11.6. The van der Waals surface area contributed by atoms with Crippen molar-refractivity contribution in [2.45, 2.75) is 32.1 Å². The summed E-state index contributed by atoms with van der Waals surface area (Å²) in [5, 5.41) is 10.3. The van der Waals surface area contributed by atoms with Crippen molar-refractivity contribution >= 4 is 0 Å². The molecule has 0 bridgehead atoms. The Morgan fingerprint density at radius 1 is 1.50 bits per heavy atom. The second kappa shape index (κ2) is 5.17. The third-order valence-corrected chi connectivity index (χ3v) is 3.70. The molecule has 3 rings (SSSR count). The first-order chi connectivity index (χ1) is 9.72. The average Bonchev–Trinajstić information content (AvgIpc) is 2.95. The lowest BCUT2D eigenvalue weighted by atomic mass is 9.97. The fourth-order valence-electron chi connectivity index (χ4n) is 2.60. The summed E-state index contributed by atoms with van der Waals surface area (Å²) in [6.45, 7) is 2.89.